The van der Waals surface area contributed by atoms with Crippen LogP contribution in [-0.2, 0) is 6.42 Å². The second-order valence-corrected chi connectivity index (χ2v) is 6.25. The molecule has 2 aliphatic rings. The van der Waals surface area contributed by atoms with E-state index in [1.165, 1.54) is 28.1 Å². The average molecular weight is 288 g/mol. The van der Waals surface area contributed by atoms with E-state index in [1.54, 1.807) is 0 Å². The molecule has 22 heavy (non-hydrogen) atoms. The second-order valence-electron chi connectivity index (χ2n) is 6.25. The smallest absolute Gasteiger partial charge is 0.0874 e. The molecule has 2 nitrogen and oxygen atoms in total. The summed E-state index contributed by atoms with van der Waals surface area (Å²) in [6.07, 6.45) is 7.69. The molecule has 110 valence electrons. The molecule has 1 N–H and O–H groups in total. The first-order valence-corrected chi connectivity index (χ1v) is 7.89. The number of hydrogen-bond acceptors (Lipinski definition) is 1. The zero-order chi connectivity index (χ0) is 15.1. The maximum absolute atomic E-state index is 4.68. The number of aromatic amines is 1. The molecule has 4 rings (SSSR count). The minimum atomic E-state index is 0.180. The number of H-pyrrole nitrogens is 1. The largest absolute Gasteiger partial charge is 0.362 e. The first-order valence-electron chi connectivity index (χ1n) is 7.89. The van der Waals surface area contributed by atoms with Crippen LogP contribution < -0.4 is 0 Å². The summed E-state index contributed by atoms with van der Waals surface area (Å²) in [5, 5.41) is 0. The fourth-order valence-corrected chi connectivity index (χ4v) is 3.55. The van der Waals surface area contributed by atoms with Crippen molar-refractivity contribution < 1.29 is 0 Å². The Morgan fingerprint density at radius 3 is 2.73 bits per heavy atom. The van der Waals surface area contributed by atoms with Gasteiger partial charge in [-0.2, -0.15) is 0 Å². The van der Waals surface area contributed by atoms with E-state index in [2.05, 4.69) is 78.5 Å². The Morgan fingerprint density at radius 2 is 2.00 bits per heavy atom. The predicted molar refractivity (Wildman–Crippen MR) is 92.4 cm³/mol. The molecule has 0 radical (unpaired) electrons. The van der Waals surface area contributed by atoms with Crippen LogP contribution in [0.2, 0.25) is 0 Å². The van der Waals surface area contributed by atoms with Crippen LogP contribution in [0.4, 0.5) is 0 Å². The van der Waals surface area contributed by atoms with Gasteiger partial charge < -0.3 is 4.98 Å². The summed E-state index contributed by atoms with van der Waals surface area (Å²) in [5.74, 6) is 0.413. The van der Waals surface area contributed by atoms with Crippen LogP contribution in [-0.4, -0.2) is 16.7 Å². The number of nitrogens with one attached hydrogen (secondary N) is 1. The zero-order valence-electron chi connectivity index (χ0n) is 13.0. The SMILES string of the molecule is CC1=NC(/C=C2/c3ccccc3C[C@H]2c2ccc(C)[nH]2)C=C1. The van der Waals surface area contributed by atoms with Gasteiger partial charge in [0.25, 0.3) is 0 Å². The van der Waals surface area contributed by atoms with E-state index in [0.29, 0.717) is 5.92 Å². The van der Waals surface area contributed by atoms with Crippen molar-refractivity contribution in [2.45, 2.75) is 32.2 Å². The topological polar surface area (TPSA) is 28.1 Å². The number of hydrogen-bond donors (Lipinski definition) is 1. The summed E-state index contributed by atoms with van der Waals surface area (Å²) in [5.41, 5.74) is 7.87. The molecule has 2 atom stereocenters. The summed E-state index contributed by atoms with van der Waals surface area (Å²) in [7, 11) is 0. The van der Waals surface area contributed by atoms with Crippen molar-refractivity contribution >= 4 is 11.3 Å². The summed E-state index contributed by atoms with van der Waals surface area (Å²) < 4.78 is 0. The van der Waals surface area contributed by atoms with Crippen LogP contribution in [0.1, 0.15) is 35.4 Å². The zero-order valence-corrected chi connectivity index (χ0v) is 13.0. The lowest BCUT2D eigenvalue weighted by Crippen LogP contribution is -2.01. The number of fused-ring (bicyclic) bond motifs is 1. The molecule has 1 aromatic heterocycles. The Hall–Kier alpha value is -2.35. The second kappa shape index (κ2) is 5.13. The molecule has 0 spiro atoms. The Morgan fingerprint density at radius 1 is 1.14 bits per heavy atom. The van der Waals surface area contributed by atoms with Gasteiger partial charge in [-0.15, -0.1) is 0 Å². The first kappa shape index (κ1) is 13.3. The number of aromatic nitrogens is 1. The molecule has 0 saturated carbocycles. The predicted octanol–water partition coefficient (Wildman–Crippen LogP) is 4.45. The van der Waals surface area contributed by atoms with E-state index in [9.17, 15) is 0 Å². The fraction of sp³-hybridized carbons (Fsp3) is 0.250. The van der Waals surface area contributed by atoms with Gasteiger partial charge in [-0.05, 0) is 55.2 Å². The summed E-state index contributed by atoms with van der Waals surface area (Å²) >= 11 is 0. The van der Waals surface area contributed by atoms with Gasteiger partial charge in [0.1, 0.15) is 0 Å². The molecular weight excluding hydrogens is 268 g/mol. The fourth-order valence-electron chi connectivity index (χ4n) is 3.55. The minimum Gasteiger partial charge on any atom is -0.362 e. The highest BCUT2D eigenvalue weighted by atomic mass is 14.8. The number of rotatable bonds is 2. The van der Waals surface area contributed by atoms with Crippen molar-refractivity contribution in [2.75, 3.05) is 0 Å². The molecule has 0 bridgehead atoms. The van der Waals surface area contributed by atoms with Gasteiger partial charge in [0, 0.05) is 23.0 Å². The maximum atomic E-state index is 4.68. The van der Waals surface area contributed by atoms with Crippen molar-refractivity contribution in [1.82, 2.24) is 4.98 Å². The van der Waals surface area contributed by atoms with Crippen molar-refractivity contribution in [2.24, 2.45) is 4.99 Å². The third-order valence-electron chi connectivity index (χ3n) is 4.60. The van der Waals surface area contributed by atoms with Gasteiger partial charge >= 0.3 is 0 Å². The van der Waals surface area contributed by atoms with Gasteiger partial charge in [-0.3, -0.25) is 4.99 Å². The van der Waals surface area contributed by atoms with Gasteiger partial charge in [-0.25, -0.2) is 0 Å². The molecule has 2 aromatic rings. The first-order chi connectivity index (χ1) is 10.7. The third-order valence-corrected chi connectivity index (χ3v) is 4.60. The summed E-state index contributed by atoms with van der Waals surface area (Å²) in [6, 6.07) is 13.3. The maximum Gasteiger partial charge on any atom is 0.0874 e. The molecule has 1 aliphatic heterocycles. The Balaban J connectivity index is 1.79. The van der Waals surface area contributed by atoms with Crippen LogP contribution in [0.15, 0.2) is 59.6 Å². The monoisotopic (exact) mass is 288 g/mol. The average Bonchev–Trinajstić information content (AvgIpc) is 3.20. The van der Waals surface area contributed by atoms with Gasteiger partial charge in [-0.1, -0.05) is 36.4 Å². The molecular formula is C20H20N2. The number of nitrogens with zero attached hydrogens (tertiary/aromatic N) is 1. The highest BCUT2D eigenvalue weighted by Gasteiger charge is 2.29. The van der Waals surface area contributed by atoms with E-state index in [1.807, 2.05) is 0 Å². The lowest BCUT2D eigenvalue weighted by molar-refractivity contribution is 0.855. The highest BCUT2D eigenvalue weighted by Crippen LogP contribution is 2.43. The lowest BCUT2D eigenvalue weighted by atomic mass is 9.94. The van der Waals surface area contributed by atoms with E-state index >= 15 is 0 Å². The van der Waals surface area contributed by atoms with E-state index in [4.69, 9.17) is 0 Å². The lowest BCUT2D eigenvalue weighted by Gasteiger charge is -2.12. The molecule has 0 fully saturated rings. The quantitative estimate of drug-likeness (QED) is 0.846. The molecule has 0 amide bonds. The summed E-state index contributed by atoms with van der Waals surface area (Å²) in [6.45, 7) is 4.17. The van der Waals surface area contributed by atoms with Crippen LogP contribution in [0, 0.1) is 6.92 Å². The van der Waals surface area contributed by atoms with E-state index < -0.39 is 0 Å². The Kier molecular flexibility index (Phi) is 3.11. The van der Waals surface area contributed by atoms with Crippen molar-refractivity contribution in [3.63, 3.8) is 0 Å². The Bertz CT molecular complexity index is 805. The van der Waals surface area contributed by atoms with Crippen molar-refractivity contribution in [3.8, 4) is 0 Å². The third kappa shape index (κ3) is 2.25. The molecule has 1 unspecified atom stereocenters. The van der Waals surface area contributed by atoms with Gasteiger partial charge in [0.2, 0.25) is 0 Å². The van der Waals surface area contributed by atoms with E-state index in [0.717, 1.165) is 12.1 Å². The van der Waals surface area contributed by atoms with Gasteiger partial charge in [0.05, 0.1) is 6.04 Å². The standard InChI is InChI=1S/C20H20N2/c1-13-7-9-16(21-13)12-18-17-6-4-3-5-15(17)11-19(18)20-10-8-14(2)22-20/h3-10,12,16,19,22H,11H2,1-2H3/b18-12-/t16?,19-/m1/s1. The molecule has 1 aromatic carbocycles. The normalized spacial score (nSPS) is 24.8. The van der Waals surface area contributed by atoms with Crippen molar-refractivity contribution in [3.05, 3.63) is 77.1 Å². The van der Waals surface area contributed by atoms with Crippen LogP contribution in [0.5, 0.6) is 0 Å². The molecule has 0 saturated heterocycles. The van der Waals surface area contributed by atoms with Gasteiger partial charge in [0.15, 0.2) is 0 Å². The number of benzene rings is 1. The number of allylic oxidation sites excluding steroid dienone is 2. The highest BCUT2D eigenvalue weighted by molar-refractivity contribution is 5.95. The molecule has 1 aliphatic carbocycles. The summed E-state index contributed by atoms with van der Waals surface area (Å²) in [4.78, 5) is 8.20. The number of aryl methyl sites for hydroxylation is 1. The van der Waals surface area contributed by atoms with Crippen molar-refractivity contribution in [1.29, 1.82) is 0 Å². The van der Waals surface area contributed by atoms with Crippen LogP contribution >= 0.6 is 0 Å². The van der Waals surface area contributed by atoms with E-state index in [-0.39, 0.29) is 6.04 Å². The molecule has 2 heteroatoms. The Labute approximate surface area is 131 Å². The number of aliphatic imine (C=N–C) groups is 1. The van der Waals surface area contributed by atoms with Crippen LogP contribution in [0.3, 0.4) is 0 Å². The van der Waals surface area contributed by atoms with Crippen LogP contribution in [0.25, 0.3) is 5.57 Å². The molecule has 2 heterocycles. The minimum absolute atomic E-state index is 0.180.